The van der Waals surface area contributed by atoms with E-state index in [-0.39, 0.29) is 21.9 Å². The highest BCUT2D eigenvalue weighted by molar-refractivity contribution is 8.01. The molecule has 3 rings (SSSR count). The van der Waals surface area contributed by atoms with Gasteiger partial charge in [0.2, 0.25) is 5.91 Å². The molecule has 2 heterocycles. The molecule has 0 aromatic heterocycles. The van der Waals surface area contributed by atoms with Crippen LogP contribution < -0.4 is 5.32 Å². The lowest BCUT2D eigenvalue weighted by Gasteiger charge is -2.41. The lowest BCUT2D eigenvalue weighted by atomic mass is 10.0. The van der Waals surface area contributed by atoms with Gasteiger partial charge in [-0.3, -0.25) is 14.5 Å². The number of nitrogens with zero attached hydrogens (tertiary/aromatic N) is 1. The molecule has 0 aliphatic carbocycles. The van der Waals surface area contributed by atoms with Crippen molar-refractivity contribution in [1.29, 1.82) is 0 Å². The molecule has 2 amide bonds. The normalized spacial score (nSPS) is 26.3. The fraction of sp³-hybridized carbons (Fsp3) is 0.375. The Bertz CT molecular complexity index is 612. The number of hydrogen-bond acceptors (Lipinski definition) is 3. The monoisotopic (exact) mass is 302 g/mol. The molecule has 0 saturated carbocycles. The fourth-order valence-electron chi connectivity index (χ4n) is 2.67. The van der Waals surface area contributed by atoms with E-state index in [1.165, 1.54) is 0 Å². The number of hydrogen-bond donors (Lipinski definition) is 1. The van der Waals surface area contributed by atoms with Gasteiger partial charge in [0.1, 0.15) is 11.4 Å². The molecule has 4 nitrogen and oxygen atoms in total. The van der Waals surface area contributed by atoms with E-state index < -0.39 is 6.04 Å². The van der Waals surface area contributed by atoms with Crippen molar-refractivity contribution in [2.45, 2.75) is 36.4 Å². The minimum absolute atomic E-state index is 0.0141. The summed E-state index contributed by atoms with van der Waals surface area (Å²) in [4.78, 5) is 26.0. The van der Waals surface area contributed by atoms with Crippen molar-refractivity contribution in [3.05, 3.63) is 48.2 Å². The molecular weight excluding hydrogens is 284 g/mol. The SMILES string of the molecule is C=C1N2C(=O)[C@@H](NC(=O)Cc3ccccc3)[C@H]2SC1(C)C. The highest BCUT2D eigenvalue weighted by Crippen LogP contribution is 2.52. The molecule has 2 atom stereocenters. The van der Waals surface area contributed by atoms with Crippen molar-refractivity contribution in [2.75, 3.05) is 0 Å². The third-order valence-electron chi connectivity index (χ3n) is 3.97. The topological polar surface area (TPSA) is 49.4 Å². The minimum atomic E-state index is -0.426. The van der Waals surface area contributed by atoms with Gasteiger partial charge in [0, 0.05) is 5.70 Å². The molecule has 1 N–H and O–H groups in total. The number of β-lactam (4-membered cyclic amide) rings is 1. The van der Waals surface area contributed by atoms with Crippen molar-refractivity contribution in [3.63, 3.8) is 0 Å². The van der Waals surface area contributed by atoms with Crippen LogP contribution in [0.25, 0.3) is 0 Å². The van der Waals surface area contributed by atoms with Gasteiger partial charge in [0.25, 0.3) is 5.91 Å². The predicted octanol–water partition coefficient (Wildman–Crippen LogP) is 1.92. The van der Waals surface area contributed by atoms with Gasteiger partial charge in [-0.1, -0.05) is 36.9 Å². The second kappa shape index (κ2) is 4.91. The highest BCUT2D eigenvalue weighted by Gasteiger charge is 2.58. The van der Waals surface area contributed by atoms with E-state index in [1.807, 2.05) is 30.3 Å². The molecule has 0 unspecified atom stereocenters. The van der Waals surface area contributed by atoms with Crippen LogP contribution in [0.3, 0.4) is 0 Å². The number of rotatable bonds is 3. The van der Waals surface area contributed by atoms with Crippen LogP contribution in [0.15, 0.2) is 42.6 Å². The summed E-state index contributed by atoms with van der Waals surface area (Å²) in [5.41, 5.74) is 1.78. The molecule has 0 spiro atoms. The average Bonchev–Trinajstić information content (AvgIpc) is 2.65. The minimum Gasteiger partial charge on any atom is -0.341 e. The Kier molecular flexibility index (Phi) is 3.32. The maximum atomic E-state index is 12.2. The van der Waals surface area contributed by atoms with Crippen LogP contribution in [0.4, 0.5) is 0 Å². The maximum absolute atomic E-state index is 12.2. The summed E-state index contributed by atoms with van der Waals surface area (Å²) in [5.74, 6) is -0.167. The summed E-state index contributed by atoms with van der Waals surface area (Å²) >= 11 is 1.68. The summed E-state index contributed by atoms with van der Waals surface area (Å²) in [6, 6.07) is 9.10. The van der Waals surface area contributed by atoms with Crippen LogP contribution in [0.1, 0.15) is 19.4 Å². The lowest BCUT2D eigenvalue weighted by Crippen LogP contribution is -2.66. The van der Waals surface area contributed by atoms with Crippen LogP contribution in [0, 0.1) is 0 Å². The third-order valence-corrected chi connectivity index (χ3v) is 5.52. The van der Waals surface area contributed by atoms with Gasteiger partial charge in [0.05, 0.1) is 11.2 Å². The van der Waals surface area contributed by atoms with E-state index >= 15 is 0 Å². The molecule has 2 fully saturated rings. The number of amides is 2. The Morgan fingerprint density at radius 2 is 2.05 bits per heavy atom. The Hall–Kier alpha value is -1.75. The van der Waals surface area contributed by atoms with Gasteiger partial charge in [-0.25, -0.2) is 0 Å². The maximum Gasteiger partial charge on any atom is 0.253 e. The molecule has 2 saturated heterocycles. The van der Waals surface area contributed by atoms with Gasteiger partial charge in [-0.05, 0) is 19.4 Å². The van der Waals surface area contributed by atoms with E-state index in [2.05, 4.69) is 25.7 Å². The summed E-state index contributed by atoms with van der Waals surface area (Å²) in [7, 11) is 0. The number of carbonyl (C=O) groups is 2. The van der Waals surface area contributed by atoms with Crippen molar-refractivity contribution in [1.82, 2.24) is 10.2 Å². The van der Waals surface area contributed by atoms with E-state index in [0.29, 0.717) is 6.42 Å². The Balaban J connectivity index is 1.64. The molecule has 21 heavy (non-hydrogen) atoms. The van der Waals surface area contributed by atoms with E-state index in [1.54, 1.807) is 16.7 Å². The van der Waals surface area contributed by atoms with Gasteiger partial charge < -0.3 is 5.32 Å². The molecule has 1 aromatic carbocycles. The Labute approximate surface area is 128 Å². The standard InChI is InChI=1S/C16H18N2O2S/c1-10-16(2,3)21-15-13(14(20)18(10)15)17-12(19)9-11-7-5-4-6-8-11/h4-8,13,15H,1,9H2,2-3H3,(H,17,19)/t13-,15-/m1/s1. The molecule has 2 aliphatic heterocycles. The van der Waals surface area contributed by atoms with Crippen LogP contribution in [-0.2, 0) is 16.0 Å². The van der Waals surface area contributed by atoms with E-state index in [9.17, 15) is 9.59 Å². The van der Waals surface area contributed by atoms with Gasteiger partial charge in [-0.15, -0.1) is 11.8 Å². The van der Waals surface area contributed by atoms with Crippen molar-refractivity contribution in [3.8, 4) is 0 Å². The first-order chi connectivity index (χ1) is 9.90. The van der Waals surface area contributed by atoms with Gasteiger partial charge in [-0.2, -0.15) is 0 Å². The molecule has 0 radical (unpaired) electrons. The molecule has 110 valence electrons. The average molecular weight is 302 g/mol. The molecular formula is C16H18N2O2S. The fourth-order valence-corrected chi connectivity index (χ4v) is 4.17. The first-order valence-corrected chi connectivity index (χ1v) is 7.82. The van der Waals surface area contributed by atoms with Crippen molar-refractivity contribution < 1.29 is 9.59 Å². The van der Waals surface area contributed by atoms with Crippen molar-refractivity contribution >= 4 is 23.6 Å². The third kappa shape index (κ3) is 2.35. The predicted molar refractivity (Wildman–Crippen MR) is 83.5 cm³/mol. The quantitative estimate of drug-likeness (QED) is 0.868. The number of fused-ring (bicyclic) bond motifs is 1. The number of thioether (sulfide) groups is 1. The highest BCUT2D eigenvalue weighted by atomic mass is 32.2. The van der Waals surface area contributed by atoms with Crippen molar-refractivity contribution in [2.24, 2.45) is 0 Å². The molecule has 0 bridgehead atoms. The molecule has 1 aromatic rings. The van der Waals surface area contributed by atoms with E-state index in [0.717, 1.165) is 11.3 Å². The Morgan fingerprint density at radius 3 is 2.71 bits per heavy atom. The van der Waals surface area contributed by atoms with Gasteiger partial charge in [0.15, 0.2) is 0 Å². The zero-order chi connectivity index (χ0) is 15.2. The number of benzene rings is 1. The zero-order valence-electron chi connectivity index (χ0n) is 12.1. The Morgan fingerprint density at radius 1 is 1.38 bits per heavy atom. The molecule has 2 aliphatic rings. The van der Waals surface area contributed by atoms with Crippen LogP contribution in [-0.4, -0.2) is 32.9 Å². The van der Waals surface area contributed by atoms with Crippen LogP contribution >= 0.6 is 11.8 Å². The first-order valence-electron chi connectivity index (χ1n) is 6.94. The number of carbonyl (C=O) groups excluding carboxylic acids is 2. The summed E-state index contributed by atoms with van der Waals surface area (Å²) in [5, 5.41) is 2.84. The summed E-state index contributed by atoms with van der Waals surface area (Å²) < 4.78 is -0.154. The smallest absolute Gasteiger partial charge is 0.253 e. The van der Waals surface area contributed by atoms with Crippen LogP contribution in [0.2, 0.25) is 0 Å². The summed E-state index contributed by atoms with van der Waals surface area (Å²) in [6.45, 7) is 8.09. The second-order valence-corrected chi connectivity index (χ2v) is 7.62. The van der Waals surface area contributed by atoms with E-state index in [4.69, 9.17) is 0 Å². The second-order valence-electron chi connectivity index (χ2n) is 5.88. The summed E-state index contributed by atoms with van der Waals surface area (Å²) in [6.07, 6.45) is 0.298. The number of nitrogens with one attached hydrogen (secondary N) is 1. The largest absolute Gasteiger partial charge is 0.341 e. The van der Waals surface area contributed by atoms with Crippen LogP contribution in [0.5, 0.6) is 0 Å². The lowest BCUT2D eigenvalue weighted by molar-refractivity contribution is -0.145. The first kappa shape index (κ1) is 14.2. The molecule has 5 heteroatoms. The zero-order valence-corrected chi connectivity index (χ0v) is 12.9. The van der Waals surface area contributed by atoms with Gasteiger partial charge >= 0.3 is 0 Å².